The van der Waals surface area contributed by atoms with Gasteiger partial charge in [0, 0.05) is 13.2 Å². The molecule has 0 heterocycles. The van der Waals surface area contributed by atoms with E-state index in [1.807, 2.05) is 0 Å². The summed E-state index contributed by atoms with van der Waals surface area (Å²) in [5.41, 5.74) is 0. The third kappa shape index (κ3) is 10.0. The standard InChI is InChI=1S/C12H26O2/c1-10(2)13-8-6-12(5)7-9-14-11(3)4/h10-12H,6-9H2,1-5H3. The Kier molecular flexibility index (Phi) is 8.20. The lowest BCUT2D eigenvalue weighted by Crippen LogP contribution is -2.11. The summed E-state index contributed by atoms with van der Waals surface area (Å²) in [6.45, 7) is 12.3. The van der Waals surface area contributed by atoms with Crippen molar-refractivity contribution in [2.75, 3.05) is 13.2 Å². The van der Waals surface area contributed by atoms with Crippen LogP contribution >= 0.6 is 0 Å². The van der Waals surface area contributed by atoms with Gasteiger partial charge >= 0.3 is 0 Å². The van der Waals surface area contributed by atoms with E-state index in [4.69, 9.17) is 9.47 Å². The van der Waals surface area contributed by atoms with Crippen molar-refractivity contribution in [3.63, 3.8) is 0 Å². The minimum atomic E-state index is 0.356. The molecular weight excluding hydrogens is 176 g/mol. The van der Waals surface area contributed by atoms with Gasteiger partial charge in [0.05, 0.1) is 12.2 Å². The highest BCUT2D eigenvalue weighted by Gasteiger charge is 2.03. The third-order valence-electron chi connectivity index (χ3n) is 2.12. The molecule has 0 N–H and O–H groups in total. The molecule has 0 amide bonds. The molecule has 0 atom stereocenters. The molecule has 0 aromatic rings. The van der Waals surface area contributed by atoms with Gasteiger partial charge in [-0.25, -0.2) is 0 Å². The van der Waals surface area contributed by atoms with E-state index in [0.29, 0.717) is 18.1 Å². The van der Waals surface area contributed by atoms with E-state index in [9.17, 15) is 0 Å². The number of hydrogen-bond donors (Lipinski definition) is 0. The molecule has 2 heteroatoms. The third-order valence-corrected chi connectivity index (χ3v) is 2.12. The fourth-order valence-electron chi connectivity index (χ4n) is 1.15. The van der Waals surface area contributed by atoms with Crippen LogP contribution in [-0.4, -0.2) is 25.4 Å². The predicted molar refractivity (Wildman–Crippen MR) is 60.6 cm³/mol. The van der Waals surface area contributed by atoms with E-state index in [2.05, 4.69) is 34.6 Å². The van der Waals surface area contributed by atoms with E-state index in [-0.39, 0.29) is 0 Å². The number of rotatable bonds is 8. The second kappa shape index (κ2) is 8.25. The minimum absolute atomic E-state index is 0.356. The highest BCUT2D eigenvalue weighted by Crippen LogP contribution is 2.08. The van der Waals surface area contributed by atoms with Crippen molar-refractivity contribution in [1.82, 2.24) is 0 Å². The van der Waals surface area contributed by atoms with Gasteiger partial charge in [0.1, 0.15) is 0 Å². The van der Waals surface area contributed by atoms with Crippen LogP contribution in [0.25, 0.3) is 0 Å². The highest BCUT2D eigenvalue weighted by atomic mass is 16.5. The molecule has 0 aliphatic heterocycles. The first kappa shape index (κ1) is 13.9. The zero-order valence-electron chi connectivity index (χ0n) is 10.4. The molecule has 86 valence electrons. The van der Waals surface area contributed by atoms with Crippen molar-refractivity contribution in [3.8, 4) is 0 Å². The fraction of sp³-hybridized carbons (Fsp3) is 1.00. The Bertz CT molecular complexity index is 107. The Labute approximate surface area is 89.0 Å². The van der Waals surface area contributed by atoms with Gasteiger partial charge in [0.25, 0.3) is 0 Å². The summed E-state index contributed by atoms with van der Waals surface area (Å²) in [7, 11) is 0. The quantitative estimate of drug-likeness (QED) is 0.601. The largest absolute Gasteiger partial charge is 0.379 e. The second-order valence-electron chi connectivity index (χ2n) is 4.52. The van der Waals surface area contributed by atoms with Crippen LogP contribution in [0.4, 0.5) is 0 Å². The van der Waals surface area contributed by atoms with Gasteiger partial charge in [-0.2, -0.15) is 0 Å². The van der Waals surface area contributed by atoms with Gasteiger partial charge in [-0.3, -0.25) is 0 Å². The van der Waals surface area contributed by atoms with Crippen molar-refractivity contribution in [3.05, 3.63) is 0 Å². The molecule has 0 saturated carbocycles. The summed E-state index contributed by atoms with van der Waals surface area (Å²) in [4.78, 5) is 0. The molecular formula is C12H26O2. The first-order chi connectivity index (χ1) is 6.52. The monoisotopic (exact) mass is 202 g/mol. The van der Waals surface area contributed by atoms with Crippen LogP contribution in [0.15, 0.2) is 0 Å². The number of hydrogen-bond acceptors (Lipinski definition) is 2. The first-order valence-corrected chi connectivity index (χ1v) is 5.75. The average Bonchev–Trinajstić information content (AvgIpc) is 2.02. The molecule has 0 unspecified atom stereocenters. The molecule has 0 rings (SSSR count). The van der Waals surface area contributed by atoms with Gasteiger partial charge in [0.2, 0.25) is 0 Å². The van der Waals surface area contributed by atoms with Crippen molar-refractivity contribution in [2.45, 2.75) is 59.7 Å². The summed E-state index contributed by atoms with van der Waals surface area (Å²) >= 11 is 0. The molecule has 0 aliphatic carbocycles. The smallest absolute Gasteiger partial charge is 0.0518 e. The van der Waals surface area contributed by atoms with Crippen molar-refractivity contribution in [1.29, 1.82) is 0 Å². The molecule has 0 spiro atoms. The van der Waals surface area contributed by atoms with Crippen molar-refractivity contribution in [2.24, 2.45) is 5.92 Å². The van der Waals surface area contributed by atoms with Gasteiger partial charge in [-0.05, 0) is 46.5 Å². The maximum absolute atomic E-state index is 5.50. The van der Waals surface area contributed by atoms with Crippen LogP contribution in [0, 0.1) is 5.92 Å². The zero-order valence-corrected chi connectivity index (χ0v) is 10.4. The molecule has 0 saturated heterocycles. The van der Waals surface area contributed by atoms with Crippen LogP contribution in [0.2, 0.25) is 0 Å². The summed E-state index contributed by atoms with van der Waals surface area (Å²) < 4.78 is 11.0. The van der Waals surface area contributed by atoms with Crippen LogP contribution in [-0.2, 0) is 9.47 Å². The topological polar surface area (TPSA) is 18.5 Å². The highest BCUT2D eigenvalue weighted by molar-refractivity contribution is 4.53. The lowest BCUT2D eigenvalue weighted by atomic mass is 10.1. The summed E-state index contributed by atoms with van der Waals surface area (Å²) in [6, 6.07) is 0. The first-order valence-electron chi connectivity index (χ1n) is 5.75. The predicted octanol–water partition coefficient (Wildman–Crippen LogP) is 3.25. The fourth-order valence-corrected chi connectivity index (χ4v) is 1.15. The van der Waals surface area contributed by atoms with Gasteiger partial charge in [-0.15, -0.1) is 0 Å². The molecule has 0 aromatic carbocycles. The summed E-state index contributed by atoms with van der Waals surface area (Å²) in [6.07, 6.45) is 2.99. The molecule has 0 radical (unpaired) electrons. The molecule has 14 heavy (non-hydrogen) atoms. The van der Waals surface area contributed by atoms with E-state index in [1.165, 1.54) is 0 Å². The summed E-state index contributed by atoms with van der Waals surface area (Å²) in [5, 5.41) is 0. The van der Waals surface area contributed by atoms with Gasteiger partial charge in [-0.1, -0.05) is 6.92 Å². The summed E-state index contributed by atoms with van der Waals surface area (Å²) in [5.74, 6) is 0.701. The van der Waals surface area contributed by atoms with Crippen molar-refractivity contribution < 1.29 is 9.47 Å². The van der Waals surface area contributed by atoms with Crippen molar-refractivity contribution >= 4 is 0 Å². The molecule has 0 aromatic heterocycles. The lowest BCUT2D eigenvalue weighted by Gasteiger charge is -2.14. The van der Waals surface area contributed by atoms with Crippen LogP contribution < -0.4 is 0 Å². The molecule has 2 nitrogen and oxygen atoms in total. The minimum Gasteiger partial charge on any atom is -0.379 e. The molecule has 0 aliphatic rings. The van der Waals surface area contributed by atoms with Crippen LogP contribution in [0.1, 0.15) is 47.5 Å². The number of ether oxygens (including phenoxy) is 2. The van der Waals surface area contributed by atoms with E-state index >= 15 is 0 Å². The van der Waals surface area contributed by atoms with Gasteiger partial charge < -0.3 is 9.47 Å². The SMILES string of the molecule is CC(CCOC(C)C)CCOC(C)C. The van der Waals surface area contributed by atoms with Crippen LogP contribution in [0.5, 0.6) is 0 Å². The molecule has 0 bridgehead atoms. The molecule has 0 fully saturated rings. The van der Waals surface area contributed by atoms with E-state index in [0.717, 1.165) is 26.1 Å². The Balaban J connectivity index is 3.23. The normalized spacial score (nSPS) is 12.0. The van der Waals surface area contributed by atoms with Gasteiger partial charge in [0.15, 0.2) is 0 Å². The van der Waals surface area contributed by atoms with Crippen LogP contribution in [0.3, 0.4) is 0 Å². The lowest BCUT2D eigenvalue weighted by molar-refractivity contribution is 0.0519. The maximum Gasteiger partial charge on any atom is 0.0518 e. The Hall–Kier alpha value is -0.0800. The average molecular weight is 202 g/mol. The second-order valence-corrected chi connectivity index (χ2v) is 4.52. The van der Waals surface area contributed by atoms with E-state index < -0.39 is 0 Å². The Morgan fingerprint density at radius 1 is 0.714 bits per heavy atom. The zero-order chi connectivity index (χ0) is 11.0. The maximum atomic E-state index is 5.50. The Morgan fingerprint density at radius 3 is 1.36 bits per heavy atom. The Morgan fingerprint density at radius 2 is 1.07 bits per heavy atom. The van der Waals surface area contributed by atoms with E-state index in [1.54, 1.807) is 0 Å².